The Hall–Kier alpha value is -2.34. The van der Waals surface area contributed by atoms with E-state index in [-0.39, 0.29) is 18.9 Å². The van der Waals surface area contributed by atoms with Crippen molar-refractivity contribution in [1.29, 1.82) is 0 Å². The Morgan fingerprint density at radius 1 is 1.18 bits per heavy atom. The highest BCUT2D eigenvalue weighted by Crippen LogP contribution is 2.24. The minimum absolute atomic E-state index is 0.203. The van der Waals surface area contributed by atoms with Crippen LogP contribution in [0, 0.1) is 0 Å². The van der Waals surface area contributed by atoms with Crippen molar-refractivity contribution >= 4 is 28.2 Å². The van der Waals surface area contributed by atoms with Gasteiger partial charge >= 0.3 is 5.97 Å². The largest absolute Gasteiger partial charge is 0.493 e. The van der Waals surface area contributed by atoms with Crippen LogP contribution in [0.4, 0.5) is 5.00 Å². The highest BCUT2D eigenvalue weighted by molar-refractivity contribution is 7.14. The molecule has 0 saturated heterocycles. The number of para-hydroxylation sites is 1. The van der Waals surface area contributed by atoms with Crippen molar-refractivity contribution in [2.75, 3.05) is 18.5 Å². The summed E-state index contributed by atoms with van der Waals surface area (Å²) in [5, 5.41) is 4.96. The quantitative estimate of drug-likeness (QED) is 0.795. The first-order valence-corrected chi connectivity index (χ1v) is 7.81. The zero-order valence-electron chi connectivity index (χ0n) is 12.2. The lowest BCUT2D eigenvalue weighted by Gasteiger charge is -2.07. The average Bonchev–Trinajstić information content (AvgIpc) is 2.97. The van der Waals surface area contributed by atoms with E-state index in [9.17, 15) is 9.59 Å². The van der Waals surface area contributed by atoms with Crippen LogP contribution in [0.3, 0.4) is 0 Å². The summed E-state index contributed by atoms with van der Waals surface area (Å²) in [4.78, 5) is 23.6. The summed E-state index contributed by atoms with van der Waals surface area (Å²) < 4.78 is 10.4. The molecular weight excluding hydrogens is 302 g/mol. The fourth-order valence-electron chi connectivity index (χ4n) is 1.74. The van der Waals surface area contributed by atoms with Gasteiger partial charge in [-0.2, -0.15) is 0 Å². The van der Waals surface area contributed by atoms with Crippen molar-refractivity contribution in [3.8, 4) is 5.75 Å². The molecule has 0 spiro atoms. The normalized spacial score (nSPS) is 10.0. The summed E-state index contributed by atoms with van der Waals surface area (Å²) in [5.74, 6) is 0.0853. The molecule has 2 rings (SSSR count). The number of carbonyl (C=O) groups is 2. The first-order chi connectivity index (χ1) is 10.7. The van der Waals surface area contributed by atoms with E-state index in [0.717, 1.165) is 5.75 Å². The van der Waals surface area contributed by atoms with Crippen molar-refractivity contribution in [1.82, 2.24) is 0 Å². The molecule has 0 radical (unpaired) electrons. The monoisotopic (exact) mass is 319 g/mol. The number of nitrogens with one attached hydrogen (secondary N) is 1. The molecule has 0 unspecified atom stereocenters. The lowest BCUT2D eigenvalue weighted by molar-refractivity contribution is -0.116. The number of esters is 1. The Balaban J connectivity index is 1.82. The number of benzene rings is 1. The van der Waals surface area contributed by atoms with Gasteiger partial charge in [0.25, 0.3) is 0 Å². The summed E-state index contributed by atoms with van der Waals surface area (Å²) in [5.41, 5.74) is 0.379. The van der Waals surface area contributed by atoms with Crippen molar-refractivity contribution in [3.05, 3.63) is 47.3 Å². The second-order valence-electron chi connectivity index (χ2n) is 4.34. The minimum atomic E-state index is -0.431. The lowest BCUT2D eigenvalue weighted by Crippen LogP contribution is -2.16. The molecule has 22 heavy (non-hydrogen) atoms. The number of hydrogen-bond acceptors (Lipinski definition) is 5. The van der Waals surface area contributed by atoms with Gasteiger partial charge in [0, 0.05) is 0 Å². The van der Waals surface area contributed by atoms with E-state index < -0.39 is 5.97 Å². The molecule has 0 saturated carbocycles. The Labute approximate surface area is 132 Å². The van der Waals surface area contributed by atoms with Gasteiger partial charge in [-0.25, -0.2) is 4.79 Å². The molecule has 1 amide bonds. The molecule has 2 aromatic rings. The minimum Gasteiger partial charge on any atom is -0.493 e. The lowest BCUT2D eigenvalue weighted by atomic mass is 10.3. The molecule has 0 aliphatic rings. The molecule has 0 bridgehead atoms. The zero-order chi connectivity index (χ0) is 15.8. The van der Waals surface area contributed by atoms with E-state index in [2.05, 4.69) is 5.32 Å². The van der Waals surface area contributed by atoms with Crippen LogP contribution < -0.4 is 10.1 Å². The topological polar surface area (TPSA) is 64.6 Å². The fraction of sp³-hybridized carbons (Fsp3) is 0.250. The number of hydrogen-bond donors (Lipinski definition) is 1. The maximum absolute atomic E-state index is 11.9. The van der Waals surface area contributed by atoms with Crippen LogP contribution in [0.25, 0.3) is 0 Å². The zero-order valence-corrected chi connectivity index (χ0v) is 13.0. The van der Waals surface area contributed by atoms with Gasteiger partial charge in [0.2, 0.25) is 5.91 Å². The third kappa shape index (κ3) is 4.60. The van der Waals surface area contributed by atoms with E-state index in [1.165, 1.54) is 11.3 Å². The van der Waals surface area contributed by atoms with E-state index in [1.807, 2.05) is 30.3 Å². The van der Waals surface area contributed by atoms with Gasteiger partial charge in [-0.3, -0.25) is 4.79 Å². The highest BCUT2D eigenvalue weighted by atomic mass is 32.1. The number of ether oxygens (including phenoxy) is 2. The van der Waals surface area contributed by atoms with Crippen molar-refractivity contribution < 1.29 is 19.1 Å². The molecule has 6 heteroatoms. The molecule has 1 heterocycles. The van der Waals surface area contributed by atoms with E-state index >= 15 is 0 Å². The molecule has 1 aromatic heterocycles. The van der Waals surface area contributed by atoms with Gasteiger partial charge in [-0.1, -0.05) is 18.2 Å². The van der Waals surface area contributed by atoms with Gasteiger partial charge < -0.3 is 14.8 Å². The van der Waals surface area contributed by atoms with Crippen LogP contribution in [-0.4, -0.2) is 25.1 Å². The summed E-state index contributed by atoms with van der Waals surface area (Å²) in [6.07, 6.45) is 0.203. The summed E-state index contributed by atoms with van der Waals surface area (Å²) in [6, 6.07) is 10.9. The van der Waals surface area contributed by atoms with Crippen LogP contribution in [0.5, 0.6) is 5.75 Å². The third-order valence-electron chi connectivity index (χ3n) is 2.75. The highest BCUT2D eigenvalue weighted by Gasteiger charge is 2.15. The predicted octanol–water partition coefficient (Wildman–Crippen LogP) is 3.33. The number of amides is 1. The first-order valence-electron chi connectivity index (χ1n) is 6.93. The Morgan fingerprint density at radius 3 is 2.68 bits per heavy atom. The van der Waals surface area contributed by atoms with E-state index in [0.29, 0.717) is 17.2 Å². The summed E-state index contributed by atoms with van der Waals surface area (Å²) >= 11 is 1.29. The number of carbonyl (C=O) groups excluding carboxylic acids is 2. The van der Waals surface area contributed by atoms with Gasteiger partial charge in [-0.05, 0) is 30.5 Å². The SMILES string of the molecule is CCOC(=O)c1ccsc1NC(=O)CCOc1ccccc1. The molecule has 1 N–H and O–H groups in total. The van der Waals surface area contributed by atoms with Gasteiger partial charge in [-0.15, -0.1) is 11.3 Å². The predicted molar refractivity (Wildman–Crippen MR) is 85.5 cm³/mol. The first kappa shape index (κ1) is 16.0. The van der Waals surface area contributed by atoms with Crippen molar-refractivity contribution in [2.45, 2.75) is 13.3 Å². The van der Waals surface area contributed by atoms with Crippen LogP contribution in [-0.2, 0) is 9.53 Å². The Bertz CT molecular complexity index is 624. The number of thiophene rings is 1. The standard InChI is InChI=1S/C16H17NO4S/c1-2-20-16(19)13-9-11-22-15(13)17-14(18)8-10-21-12-6-4-3-5-7-12/h3-7,9,11H,2,8,10H2,1H3,(H,17,18). The van der Waals surface area contributed by atoms with Crippen LogP contribution in [0.2, 0.25) is 0 Å². The fourth-order valence-corrected chi connectivity index (χ4v) is 2.53. The molecule has 0 aliphatic carbocycles. The molecule has 116 valence electrons. The van der Waals surface area contributed by atoms with Crippen LogP contribution in [0.1, 0.15) is 23.7 Å². The summed E-state index contributed by atoms with van der Waals surface area (Å²) in [7, 11) is 0. The smallest absolute Gasteiger partial charge is 0.341 e. The van der Waals surface area contributed by atoms with Gasteiger partial charge in [0.1, 0.15) is 10.8 Å². The van der Waals surface area contributed by atoms with Crippen LogP contribution in [0.15, 0.2) is 41.8 Å². The number of anilines is 1. The van der Waals surface area contributed by atoms with Gasteiger partial charge in [0.05, 0.1) is 25.2 Å². The van der Waals surface area contributed by atoms with Crippen molar-refractivity contribution in [2.24, 2.45) is 0 Å². The maximum Gasteiger partial charge on any atom is 0.341 e. The van der Waals surface area contributed by atoms with Crippen LogP contribution >= 0.6 is 11.3 Å². The van der Waals surface area contributed by atoms with E-state index in [4.69, 9.17) is 9.47 Å². The average molecular weight is 319 g/mol. The second kappa shape index (κ2) is 8.19. The molecule has 0 aliphatic heterocycles. The number of rotatable bonds is 7. The molecule has 0 fully saturated rings. The second-order valence-corrected chi connectivity index (χ2v) is 5.26. The molecule has 5 nitrogen and oxygen atoms in total. The Morgan fingerprint density at radius 2 is 1.95 bits per heavy atom. The molecule has 0 atom stereocenters. The Kier molecular flexibility index (Phi) is 5.97. The van der Waals surface area contributed by atoms with Crippen molar-refractivity contribution in [3.63, 3.8) is 0 Å². The summed E-state index contributed by atoms with van der Waals surface area (Å²) in [6.45, 7) is 2.31. The van der Waals surface area contributed by atoms with Gasteiger partial charge in [0.15, 0.2) is 0 Å². The third-order valence-corrected chi connectivity index (χ3v) is 3.58. The maximum atomic E-state index is 11.9. The molecule has 1 aromatic carbocycles. The van der Waals surface area contributed by atoms with E-state index in [1.54, 1.807) is 18.4 Å². The molecular formula is C16H17NO4S.